The average molecular weight is 470 g/mol. The summed E-state index contributed by atoms with van der Waals surface area (Å²) in [7, 11) is 0. The molecule has 5 rings (SSSR count). The number of carbonyl (C=O) groups is 1. The Morgan fingerprint density at radius 3 is 2.69 bits per heavy atom. The number of nitrogens with two attached hydrogens (primary N) is 1. The van der Waals surface area contributed by atoms with Gasteiger partial charge in [0.2, 0.25) is 5.91 Å². The second-order valence-corrected chi connectivity index (χ2v) is 8.21. The lowest BCUT2D eigenvalue weighted by atomic mass is 9.99. The molecule has 2 atom stereocenters. The molecular weight excluding hydrogens is 445 g/mol. The number of hydrogen-bond acceptors (Lipinski definition) is 5. The van der Waals surface area contributed by atoms with Crippen molar-refractivity contribution in [1.82, 2.24) is 4.98 Å². The van der Waals surface area contributed by atoms with Crippen molar-refractivity contribution < 1.29 is 4.79 Å². The number of carbonyl (C=O) groups excluding carboxylic acids is 1. The minimum Gasteiger partial charge on any atom is -0.379 e. The van der Waals surface area contributed by atoms with Gasteiger partial charge in [0.15, 0.2) is 0 Å². The van der Waals surface area contributed by atoms with Gasteiger partial charge in [0.05, 0.1) is 35.1 Å². The second kappa shape index (κ2) is 9.33. The van der Waals surface area contributed by atoms with E-state index >= 15 is 0 Å². The predicted octanol–water partition coefficient (Wildman–Crippen LogP) is 4.50. The van der Waals surface area contributed by atoms with Crippen LogP contribution in [0.15, 0.2) is 48.7 Å². The van der Waals surface area contributed by atoms with Gasteiger partial charge in [-0.05, 0) is 61.1 Å². The molecule has 166 valence electrons. The minimum absolute atomic E-state index is 0. The lowest BCUT2D eigenvalue weighted by molar-refractivity contribution is -0.120. The van der Waals surface area contributed by atoms with Crippen molar-refractivity contribution in [2.24, 2.45) is 5.73 Å². The zero-order valence-corrected chi connectivity index (χ0v) is 19.2. The van der Waals surface area contributed by atoms with E-state index in [1.54, 1.807) is 17.0 Å². The molecule has 0 spiro atoms. The molecule has 1 fully saturated rings. The van der Waals surface area contributed by atoms with Gasteiger partial charge in [0.1, 0.15) is 6.04 Å². The van der Waals surface area contributed by atoms with Crippen LogP contribution in [0.25, 0.3) is 10.9 Å². The van der Waals surface area contributed by atoms with Crippen LogP contribution in [-0.2, 0) is 11.3 Å². The molecule has 1 aliphatic heterocycles. The zero-order chi connectivity index (χ0) is 20.8. The quantitative estimate of drug-likeness (QED) is 0.588. The number of nitriles is 1. The maximum atomic E-state index is 13.4. The van der Waals surface area contributed by atoms with Gasteiger partial charge in [0, 0.05) is 17.6 Å². The Kier molecular flexibility index (Phi) is 6.94. The minimum atomic E-state index is -0.680. The fourth-order valence-electron chi connectivity index (χ4n) is 4.26. The highest BCUT2D eigenvalue weighted by Crippen LogP contribution is 2.44. The Balaban J connectivity index is 0.00000144. The molecule has 2 aliphatic rings. The van der Waals surface area contributed by atoms with Crippen molar-refractivity contribution in [2.75, 3.05) is 10.2 Å². The highest BCUT2D eigenvalue weighted by Gasteiger charge is 2.34. The van der Waals surface area contributed by atoms with Crippen LogP contribution in [0.2, 0.25) is 0 Å². The Morgan fingerprint density at radius 1 is 1.22 bits per heavy atom. The average Bonchev–Trinajstić information content (AvgIpc) is 3.61. The van der Waals surface area contributed by atoms with Crippen LogP contribution in [-0.4, -0.2) is 23.0 Å². The fraction of sp³-hybridized carbons (Fsp3) is 0.292. The first-order valence-corrected chi connectivity index (χ1v) is 10.3. The summed E-state index contributed by atoms with van der Waals surface area (Å²) in [4.78, 5) is 19.8. The van der Waals surface area contributed by atoms with E-state index in [4.69, 9.17) is 5.73 Å². The van der Waals surface area contributed by atoms with E-state index in [-0.39, 0.29) is 36.8 Å². The maximum Gasteiger partial charge on any atom is 0.246 e. The molecule has 2 heterocycles. The third-order valence-corrected chi connectivity index (χ3v) is 6.14. The molecule has 32 heavy (non-hydrogen) atoms. The molecule has 3 N–H and O–H groups in total. The zero-order valence-electron chi connectivity index (χ0n) is 17.6. The Morgan fingerprint density at radius 2 is 1.97 bits per heavy atom. The van der Waals surface area contributed by atoms with Gasteiger partial charge in [-0.25, -0.2) is 0 Å². The van der Waals surface area contributed by atoms with Crippen molar-refractivity contribution in [1.29, 1.82) is 5.26 Å². The van der Waals surface area contributed by atoms with Crippen LogP contribution in [0.5, 0.6) is 0 Å². The number of fused-ring (bicyclic) bond motifs is 2. The van der Waals surface area contributed by atoms with Crippen LogP contribution in [0.3, 0.4) is 0 Å². The summed E-state index contributed by atoms with van der Waals surface area (Å²) < 4.78 is 0. The third kappa shape index (κ3) is 4.12. The summed E-state index contributed by atoms with van der Waals surface area (Å²) in [5.41, 5.74) is 11.6. The van der Waals surface area contributed by atoms with Gasteiger partial charge in [-0.3, -0.25) is 9.78 Å². The molecule has 6 nitrogen and oxygen atoms in total. The number of nitrogens with one attached hydrogen (secondary N) is 1. The number of rotatable bonds is 3. The highest BCUT2D eigenvalue weighted by molar-refractivity contribution is 6.02. The van der Waals surface area contributed by atoms with E-state index in [0.29, 0.717) is 18.0 Å². The van der Waals surface area contributed by atoms with Crippen LogP contribution in [0, 0.1) is 11.3 Å². The Bertz CT molecular complexity index is 1200. The molecule has 0 unspecified atom stereocenters. The van der Waals surface area contributed by atoms with Crippen LogP contribution >= 0.6 is 24.8 Å². The fourth-order valence-corrected chi connectivity index (χ4v) is 4.26. The first-order valence-electron chi connectivity index (χ1n) is 10.3. The largest absolute Gasteiger partial charge is 0.379 e. The van der Waals surface area contributed by atoms with E-state index in [9.17, 15) is 10.1 Å². The summed E-state index contributed by atoms with van der Waals surface area (Å²) in [5, 5.41) is 13.7. The van der Waals surface area contributed by atoms with Crippen LogP contribution in [0.4, 0.5) is 11.4 Å². The Labute approximate surface area is 199 Å². The first kappa shape index (κ1) is 23.8. The molecule has 1 saturated carbocycles. The van der Waals surface area contributed by atoms with Gasteiger partial charge < -0.3 is 16.0 Å². The molecule has 8 heteroatoms. The topological polar surface area (TPSA) is 95.0 Å². The van der Waals surface area contributed by atoms with Gasteiger partial charge in [-0.2, -0.15) is 5.26 Å². The van der Waals surface area contributed by atoms with Crippen LogP contribution < -0.4 is 16.0 Å². The molecule has 1 aliphatic carbocycles. The summed E-state index contributed by atoms with van der Waals surface area (Å²) in [6.45, 7) is 2.32. The number of hydrogen-bond donors (Lipinski definition) is 2. The standard InChI is InChI=1S/C24H23N5O.2ClH/c1-14-23(26)24(30)29(22-9-6-15(11-25)10-21(22)28-14)13-19-17-4-2-3-5-20(17)27-12-18(19)16-7-8-16;;/h2-6,9-10,12,14,16,23,28H,7-8,13,26H2,1H3;2*1H/t14-,23-;;/m0../s1. The normalized spacial score (nSPS) is 19.7. The van der Waals surface area contributed by atoms with E-state index in [1.165, 1.54) is 5.56 Å². The maximum absolute atomic E-state index is 13.4. The second-order valence-electron chi connectivity index (χ2n) is 8.21. The summed E-state index contributed by atoms with van der Waals surface area (Å²) in [6, 6.07) is 14.7. The van der Waals surface area contributed by atoms with Gasteiger partial charge in [-0.1, -0.05) is 18.2 Å². The predicted molar refractivity (Wildman–Crippen MR) is 132 cm³/mol. The molecule has 0 saturated heterocycles. The molecule has 3 aromatic rings. The monoisotopic (exact) mass is 469 g/mol. The van der Waals surface area contributed by atoms with E-state index in [0.717, 1.165) is 40.7 Å². The first-order chi connectivity index (χ1) is 14.6. The van der Waals surface area contributed by atoms with E-state index < -0.39 is 6.04 Å². The number of anilines is 2. The van der Waals surface area contributed by atoms with Gasteiger partial charge in [0.25, 0.3) is 0 Å². The number of pyridine rings is 1. The van der Waals surface area contributed by atoms with Crippen molar-refractivity contribution in [3.63, 3.8) is 0 Å². The summed E-state index contributed by atoms with van der Waals surface area (Å²) in [5.74, 6) is 0.381. The van der Waals surface area contributed by atoms with E-state index in [2.05, 4.69) is 22.4 Å². The third-order valence-electron chi connectivity index (χ3n) is 6.14. The summed E-state index contributed by atoms with van der Waals surface area (Å²) in [6.07, 6.45) is 4.28. The number of aromatic nitrogens is 1. The smallest absolute Gasteiger partial charge is 0.246 e. The SMILES string of the molecule is C[C@@H]1Nc2cc(C#N)ccc2N(Cc2c(C3CC3)cnc3ccccc23)C(=O)[C@H]1N.Cl.Cl. The van der Waals surface area contributed by atoms with Crippen molar-refractivity contribution >= 4 is 53.0 Å². The number of benzene rings is 2. The summed E-state index contributed by atoms with van der Waals surface area (Å²) >= 11 is 0. The lowest BCUT2D eigenvalue weighted by Gasteiger charge is -2.26. The van der Waals surface area contributed by atoms with Gasteiger partial charge >= 0.3 is 0 Å². The number of amides is 1. The molecule has 1 aromatic heterocycles. The molecule has 1 amide bonds. The molecule has 2 aromatic carbocycles. The van der Waals surface area contributed by atoms with E-state index in [1.807, 2.05) is 37.4 Å². The Hall–Kier alpha value is -2.85. The van der Waals surface area contributed by atoms with Crippen molar-refractivity contribution in [2.45, 2.75) is 44.3 Å². The molecular formula is C24H25Cl2N5O. The van der Waals surface area contributed by atoms with Crippen molar-refractivity contribution in [3.05, 3.63) is 65.4 Å². The molecule has 0 radical (unpaired) electrons. The molecule has 0 bridgehead atoms. The lowest BCUT2D eigenvalue weighted by Crippen LogP contribution is -2.49. The number of para-hydroxylation sites is 1. The highest BCUT2D eigenvalue weighted by atomic mass is 35.5. The number of nitrogens with zero attached hydrogens (tertiary/aromatic N) is 3. The number of halogens is 2. The van der Waals surface area contributed by atoms with Crippen LogP contribution in [0.1, 0.15) is 42.4 Å². The van der Waals surface area contributed by atoms with Crippen molar-refractivity contribution in [3.8, 4) is 6.07 Å². The van der Waals surface area contributed by atoms with Gasteiger partial charge in [-0.15, -0.1) is 24.8 Å².